The number of aliphatic hydroxyl groups is 1. The third-order valence-electron chi connectivity index (χ3n) is 5.17. The van der Waals surface area contributed by atoms with Gasteiger partial charge in [-0.3, -0.25) is 14.6 Å². The molecule has 1 atom stereocenters. The highest BCUT2D eigenvalue weighted by molar-refractivity contribution is 6.46. The number of pyridine rings is 1. The van der Waals surface area contributed by atoms with Crippen molar-refractivity contribution in [2.24, 2.45) is 0 Å². The van der Waals surface area contributed by atoms with Gasteiger partial charge in [0.25, 0.3) is 11.7 Å². The van der Waals surface area contributed by atoms with E-state index in [0.29, 0.717) is 21.9 Å². The Morgan fingerprint density at radius 2 is 1.84 bits per heavy atom. The summed E-state index contributed by atoms with van der Waals surface area (Å²) in [6.07, 6.45) is 3.27. The summed E-state index contributed by atoms with van der Waals surface area (Å²) in [7, 11) is 1.52. The van der Waals surface area contributed by atoms with Crippen molar-refractivity contribution in [3.63, 3.8) is 0 Å². The number of aromatic nitrogens is 1. The number of Topliss-reactive ketones (excluding diaryl/α,β-unsaturated/α-hetero) is 1. The number of ketones is 1. The average molecular weight is 435 g/mol. The van der Waals surface area contributed by atoms with E-state index < -0.39 is 17.7 Å². The highest BCUT2D eigenvalue weighted by Crippen LogP contribution is 2.43. The number of carbonyl (C=O) groups is 2. The van der Waals surface area contributed by atoms with E-state index in [1.807, 2.05) is 6.07 Å². The SMILES string of the molecule is COc1ccccc1[C@@H]1/C(=C(\O)c2ccc(Cl)cc2)C(=O)C(=O)N1Cc1cccnc1. The molecule has 0 unspecified atom stereocenters. The highest BCUT2D eigenvalue weighted by atomic mass is 35.5. The summed E-state index contributed by atoms with van der Waals surface area (Å²) in [5.41, 5.74) is 1.75. The lowest BCUT2D eigenvalue weighted by molar-refractivity contribution is -0.140. The van der Waals surface area contributed by atoms with Crippen LogP contribution >= 0.6 is 11.6 Å². The first-order valence-corrected chi connectivity index (χ1v) is 9.95. The predicted molar refractivity (Wildman–Crippen MR) is 117 cm³/mol. The van der Waals surface area contributed by atoms with Crippen LogP contribution < -0.4 is 4.74 Å². The minimum absolute atomic E-state index is 0.000660. The Kier molecular flexibility index (Phi) is 5.73. The van der Waals surface area contributed by atoms with Crippen molar-refractivity contribution in [2.45, 2.75) is 12.6 Å². The molecule has 1 N–H and O–H groups in total. The number of hydrogen-bond acceptors (Lipinski definition) is 5. The number of amides is 1. The lowest BCUT2D eigenvalue weighted by Gasteiger charge is -2.26. The molecular weight excluding hydrogens is 416 g/mol. The van der Waals surface area contributed by atoms with Crippen LogP contribution in [0.1, 0.15) is 22.7 Å². The molecule has 0 bridgehead atoms. The van der Waals surface area contributed by atoms with E-state index >= 15 is 0 Å². The van der Waals surface area contributed by atoms with Crippen molar-refractivity contribution < 1.29 is 19.4 Å². The Balaban J connectivity index is 1.90. The Labute approximate surface area is 184 Å². The lowest BCUT2D eigenvalue weighted by Crippen LogP contribution is -2.29. The van der Waals surface area contributed by atoms with Gasteiger partial charge in [0, 0.05) is 35.1 Å². The van der Waals surface area contributed by atoms with Crippen LogP contribution in [0.5, 0.6) is 5.75 Å². The molecule has 0 radical (unpaired) electrons. The number of benzene rings is 2. The van der Waals surface area contributed by atoms with Crippen LogP contribution in [0.2, 0.25) is 5.02 Å². The zero-order chi connectivity index (χ0) is 22.0. The molecule has 1 aliphatic heterocycles. The van der Waals surface area contributed by atoms with Gasteiger partial charge in [0.05, 0.1) is 18.7 Å². The number of hydrogen-bond donors (Lipinski definition) is 1. The minimum atomic E-state index is -0.827. The summed E-state index contributed by atoms with van der Waals surface area (Å²) in [5.74, 6) is -1.21. The van der Waals surface area contributed by atoms with E-state index in [9.17, 15) is 14.7 Å². The molecule has 1 fully saturated rings. The Bertz CT molecular complexity index is 1160. The summed E-state index contributed by atoms with van der Waals surface area (Å²) in [5, 5.41) is 11.6. The summed E-state index contributed by atoms with van der Waals surface area (Å²) in [4.78, 5) is 31.6. The zero-order valence-corrected chi connectivity index (χ0v) is 17.4. The maximum absolute atomic E-state index is 13.1. The smallest absolute Gasteiger partial charge is 0.295 e. The molecule has 3 aromatic rings. The molecule has 1 saturated heterocycles. The maximum atomic E-state index is 13.1. The molecule has 4 rings (SSSR count). The van der Waals surface area contributed by atoms with Gasteiger partial charge in [0.15, 0.2) is 0 Å². The second-order valence-corrected chi connectivity index (χ2v) is 7.47. The van der Waals surface area contributed by atoms with Crippen molar-refractivity contribution >= 4 is 29.1 Å². The van der Waals surface area contributed by atoms with E-state index in [1.54, 1.807) is 67.0 Å². The molecule has 6 nitrogen and oxygen atoms in total. The molecule has 0 saturated carbocycles. The van der Waals surface area contributed by atoms with Gasteiger partial charge in [-0.2, -0.15) is 0 Å². The first kappa shape index (κ1) is 20.6. The van der Waals surface area contributed by atoms with E-state index in [4.69, 9.17) is 16.3 Å². The lowest BCUT2D eigenvalue weighted by atomic mass is 9.94. The second kappa shape index (κ2) is 8.62. The summed E-state index contributed by atoms with van der Waals surface area (Å²) in [6.45, 7) is 0.151. The standard InChI is InChI=1S/C24H19ClN2O4/c1-31-19-7-3-2-6-18(19)21-20(22(28)16-8-10-17(25)11-9-16)23(29)24(30)27(21)14-15-5-4-12-26-13-15/h2-13,21,28H,14H2,1H3/b22-20+/t21-/m1/s1. The number of halogens is 1. The number of aliphatic hydroxyl groups excluding tert-OH is 1. The number of methoxy groups -OCH3 is 1. The summed E-state index contributed by atoms with van der Waals surface area (Å²) < 4.78 is 5.49. The van der Waals surface area contributed by atoms with Crippen LogP contribution in [0.3, 0.4) is 0 Å². The fraction of sp³-hybridized carbons (Fsp3) is 0.125. The molecule has 31 heavy (non-hydrogen) atoms. The number of nitrogens with zero attached hydrogens (tertiary/aromatic N) is 2. The first-order chi connectivity index (χ1) is 15.0. The maximum Gasteiger partial charge on any atom is 0.295 e. The van der Waals surface area contributed by atoms with Crippen molar-refractivity contribution in [2.75, 3.05) is 7.11 Å². The van der Waals surface area contributed by atoms with Crippen LogP contribution in [0, 0.1) is 0 Å². The monoisotopic (exact) mass is 434 g/mol. The van der Waals surface area contributed by atoms with Crippen LogP contribution in [-0.2, 0) is 16.1 Å². The quantitative estimate of drug-likeness (QED) is 0.366. The van der Waals surface area contributed by atoms with Crippen LogP contribution in [0.25, 0.3) is 5.76 Å². The van der Waals surface area contributed by atoms with Crippen LogP contribution in [-0.4, -0.2) is 33.8 Å². The van der Waals surface area contributed by atoms with Gasteiger partial charge in [0.2, 0.25) is 0 Å². The van der Waals surface area contributed by atoms with Gasteiger partial charge >= 0.3 is 0 Å². The van der Waals surface area contributed by atoms with Gasteiger partial charge in [0.1, 0.15) is 11.5 Å². The Hall–Kier alpha value is -3.64. The van der Waals surface area contributed by atoms with E-state index in [2.05, 4.69) is 4.98 Å². The molecule has 7 heteroatoms. The van der Waals surface area contributed by atoms with Gasteiger partial charge in [-0.25, -0.2) is 0 Å². The van der Waals surface area contributed by atoms with E-state index in [0.717, 1.165) is 5.56 Å². The number of likely N-dealkylation sites (tertiary alicyclic amines) is 1. The summed E-state index contributed by atoms with van der Waals surface area (Å²) in [6, 6.07) is 16.3. The second-order valence-electron chi connectivity index (χ2n) is 7.04. The van der Waals surface area contributed by atoms with Crippen molar-refractivity contribution in [3.05, 3.63) is 100 Å². The number of para-hydroxylation sites is 1. The Morgan fingerprint density at radius 3 is 2.52 bits per heavy atom. The topological polar surface area (TPSA) is 79.7 Å². The Morgan fingerprint density at radius 1 is 1.10 bits per heavy atom. The third kappa shape index (κ3) is 3.90. The van der Waals surface area contributed by atoms with E-state index in [-0.39, 0.29) is 17.9 Å². The largest absolute Gasteiger partial charge is 0.507 e. The molecular formula is C24H19ClN2O4. The summed E-state index contributed by atoms with van der Waals surface area (Å²) >= 11 is 5.96. The molecule has 1 aromatic heterocycles. The number of ether oxygens (including phenoxy) is 1. The van der Waals surface area contributed by atoms with E-state index in [1.165, 1.54) is 12.0 Å². The van der Waals surface area contributed by atoms with Gasteiger partial charge in [-0.1, -0.05) is 35.9 Å². The van der Waals surface area contributed by atoms with Crippen molar-refractivity contribution in [1.82, 2.24) is 9.88 Å². The average Bonchev–Trinajstić information content (AvgIpc) is 3.04. The number of rotatable bonds is 5. The van der Waals surface area contributed by atoms with Gasteiger partial charge in [-0.05, 0) is 42.0 Å². The predicted octanol–water partition coefficient (Wildman–Crippen LogP) is 4.37. The fourth-order valence-electron chi connectivity index (χ4n) is 3.71. The van der Waals surface area contributed by atoms with Crippen molar-refractivity contribution in [1.29, 1.82) is 0 Å². The molecule has 0 aliphatic carbocycles. The molecule has 0 spiro atoms. The van der Waals surface area contributed by atoms with Crippen LogP contribution in [0.4, 0.5) is 0 Å². The van der Waals surface area contributed by atoms with Crippen molar-refractivity contribution in [3.8, 4) is 5.75 Å². The minimum Gasteiger partial charge on any atom is -0.507 e. The number of carbonyl (C=O) groups excluding carboxylic acids is 2. The molecule has 1 aliphatic rings. The third-order valence-corrected chi connectivity index (χ3v) is 5.42. The highest BCUT2D eigenvalue weighted by Gasteiger charge is 2.47. The molecule has 2 heterocycles. The molecule has 156 valence electrons. The van der Waals surface area contributed by atoms with Gasteiger partial charge < -0.3 is 14.7 Å². The zero-order valence-electron chi connectivity index (χ0n) is 16.7. The first-order valence-electron chi connectivity index (χ1n) is 9.57. The normalized spacial score (nSPS) is 17.7. The fourth-order valence-corrected chi connectivity index (χ4v) is 3.84. The molecule has 1 amide bonds. The molecule has 2 aromatic carbocycles. The van der Waals surface area contributed by atoms with Gasteiger partial charge in [-0.15, -0.1) is 0 Å². The van der Waals surface area contributed by atoms with Crippen LogP contribution in [0.15, 0.2) is 78.6 Å².